The van der Waals surface area contributed by atoms with Crippen molar-refractivity contribution in [2.45, 2.75) is 6.54 Å². The molecule has 2 N–H and O–H groups in total. The van der Waals surface area contributed by atoms with E-state index in [2.05, 4.69) is 15.6 Å². The third-order valence-corrected chi connectivity index (χ3v) is 4.15. The average Bonchev–Trinajstić information content (AvgIpc) is 2.77. The number of carbonyl (C=O) groups excluding carboxylic acids is 1. The Bertz CT molecular complexity index is 931. The van der Waals surface area contributed by atoms with Crippen molar-refractivity contribution in [2.24, 2.45) is 0 Å². The van der Waals surface area contributed by atoms with Gasteiger partial charge in [0.2, 0.25) is 0 Å². The fraction of sp³-hybridized carbons (Fsp3) is 0.182. The van der Waals surface area contributed by atoms with Gasteiger partial charge < -0.3 is 20.1 Å². The summed E-state index contributed by atoms with van der Waals surface area (Å²) in [4.78, 5) is 16.3. The van der Waals surface area contributed by atoms with Crippen molar-refractivity contribution in [1.82, 2.24) is 10.3 Å². The second kappa shape index (κ2) is 10.1. The number of aromatic nitrogens is 1. The zero-order chi connectivity index (χ0) is 20.5. The number of benzene rings is 2. The molecule has 0 aliphatic heterocycles. The van der Waals surface area contributed by atoms with Gasteiger partial charge in [-0.05, 0) is 42.5 Å². The molecule has 1 amide bonds. The Balaban J connectivity index is 1.42. The summed E-state index contributed by atoms with van der Waals surface area (Å²) in [7, 11) is 1.60. The minimum atomic E-state index is -0.288. The first-order valence-electron chi connectivity index (χ1n) is 9.14. The first-order valence-corrected chi connectivity index (χ1v) is 9.14. The van der Waals surface area contributed by atoms with Gasteiger partial charge in [-0.1, -0.05) is 18.2 Å². The number of rotatable bonds is 9. The van der Waals surface area contributed by atoms with Gasteiger partial charge >= 0.3 is 0 Å². The second-order valence-corrected chi connectivity index (χ2v) is 6.16. The first-order chi connectivity index (χ1) is 14.2. The van der Waals surface area contributed by atoms with E-state index in [4.69, 9.17) is 9.47 Å². The molecule has 0 unspecified atom stereocenters. The van der Waals surface area contributed by atoms with Crippen molar-refractivity contribution in [2.75, 3.05) is 25.6 Å². The fourth-order valence-corrected chi connectivity index (χ4v) is 2.57. The number of carbonyl (C=O) groups is 1. The zero-order valence-corrected chi connectivity index (χ0v) is 16.0. The van der Waals surface area contributed by atoms with Crippen molar-refractivity contribution in [1.29, 1.82) is 0 Å². The third-order valence-electron chi connectivity index (χ3n) is 4.15. The Kier molecular flexibility index (Phi) is 7.00. The molecule has 3 rings (SSSR count). The van der Waals surface area contributed by atoms with Crippen LogP contribution in [0.15, 0.2) is 66.9 Å². The van der Waals surface area contributed by atoms with Crippen LogP contribution in [0, 0.1) is 5.82 Å². The average molecular weight is 395 g/mol. The van der Waals surface area contributed by atoms with Crippen LogP contribution in [-0.4, -0.2) is 31.2 Å². The van der Waals surface area contributed by atoms with Gasteiger partial charge in [0.25, 0.3) is 5.91 Å². The maximum absolute atomic E-state index is 13.6. The van der Waals surface area contributed by atoms with E-state index < -0.39 is 0 Å². The number of pyridine rings is 1. The van der Waals surface area contributed by atoms with Crippen LogP contribution in [0.25, 0.3) is 0 Å². The molecule has 6 nitrogen and oxygen atoms in total. The summed E-state index contributed by atoms with van der Waals surface area (Å²) in [6.07, 6.45) is 1.55. The smallest absolute Gasteiger partial charge is 0.269 e. The zero-order valence-electron chi connectivity index (χ0n) is 16.0. The first kappa shape index (κ1) is 20.1. The Labute approximate surface area is 168 Å². The van der Waals surface area contributed by atoms with Gasteiger partial charge in [0.05, 0.1) is 25.5 Å². The van der Waals surface area contributed by atoms with Crippen molar-refractivity contribution in [3.8, 4) is 11.5 Å². The highest BCUT2D eigenvalue weighted by Crippen LogP contribution is 2.16. The minimum Gasteiger partial charge on any atom is -0.497 e. The summed E-state index contributed by atoms with van der Waals surface area (Å²) in [6.45, 7) is 1.02. The van der Waals surface area contributed by atoms with Crippen molar-refractivity contribution in [3.05, 3.63) is 83.9 Å². The SMILES string of the molecule is COc1ccc(OCCNC(=O)c2ccc(NCc3ccccc3F)cn2)cc1. The Morgan fingerprint density at radius 2 is 1.79 bits per heavy atom. The quantitative estimate of drug-likeness (QED) is 0.541. The van der Waals surface area contributed by atoms with E-state index in [0.29, 0.717) is 42.4 Å². The van der Waals surface area contributed by atoms with Crippen LogP contribution in [0.5, 0.6) is 11.5 Å². The standard InChI is InChI=1S/C22H22FN3O3/c1-28-18-7-9-19(10-8-18)29-13-12-24-22(27)21-11-6-17(15-26-21)25-14-16-4-2-3-5-20(16)23/h2-11,15,25H,12-14H2,1H3,(H,24,27). The Morgan fingerprint density at radius 3 is 2.48 bits per heavy atom. The predicted octanol–water partition coefficient (Wildman–Crippen LogP) is 3.65. The lowest BCUT2D eigenvalue weighted by Crippen LogP contribution is -2.28. The lowest BCUT2D eigenvalue weighted by molar-refractivity contribution is 0.0942. The summed E-state index contributed by atoms with van der Waals surface area (Å²) in [6, 6.07) is 17.1. The van der Waals surface area contributed by atoms with Crippen LogP contribution in [0.2, 0.25) is 0 Å². The molecule has 0 saturated carbocycles. The molecule has 1 heterocycles. The lowest BCUT2D eigenvalue weighted by Gasteiger charge is -2.09. The predicted molar refractivity (Wildman–Crippen MR) is 109 cm³/mol. The van der Waals surface area contributed by atoms with Gasteiger partial charge in [0.15, 0.2) is 0 Å². The molecule has 7 heteroatoms. The summed E-state index contributed by atoms with van der Waals surface area (Å²) in [5.41, 5.74) is 1.56. The summed E-state index contributed by atoms with van der Waals surface area (Å²) in [5, 5.41) is 5.84. The molecule has 29 heavy (non-hydrogen) atoms. The highest BCUT2D eigenvalue weighted by Gasteiger charge is 2.07. The van der Waals surface area contributed by atoms with Crippen LogP contribution < -0.4 is 20.1 Å². The molecule has 2 aromatic carbocycles. The number of nitrogens with one attached hydrogen (secondary N) is 2. The molecule has 1 aromatic heterocycles. The Morgan fingerprint density at radius 1 is 1.03 bits per heavy atom. The molecule has 0 atom stereocenters. The highest BCUT2D eigenvalue weighted by molar-refractivity contribution is 5.92. The van der Waals surface area contributed by atoms with Gasteiger partial charge in [0.1, 0.15) is 29.6 Å². The fourth-order valence-electron chi connectivity index (χ4n) is 2.57. The molecule has 0 fully saturated rings. The Hall–Kier alpha value is -3.61. The minimum absolute atomic E-state index is 0.263. The van der Waals surface area contributed by atoms with Gasteiger partial charge in [-0.25, -0.2) is 9.37 Å². The van der Waals surface area contributed by atoms with Crippen LogP contribution in [0.3, 0.4) is 0 Å². The number of nitrogens with zero attached hydrogens (tertiary/aromatic N) is 1. The number of ether oxygens (including phenoxy) is 2. The van der Waals surface area contributed by atoms with Gasteiger partial charge in [-0.15, -0.1) is 0 Å². The number of anilines is 1. The molecule has 0 spiro atoms. The van der Waals surface area contributed by atoms with Crippen LogP contribution in [0.4, 0.5) is 10.1 Å². The van der Waals surface area contributed by atoms with E-state index in [-0.39, 0.29) is 11.7 Å². The molecule has 0 aliphatic carbocycles. The number of halogens is 1. The van der Waals surface area contributed by atoms with Crippen LogP contribution in [0.1, 0.15) is 16.1 Å². The van der Waals surface area contributed by atoms with Gasteiger partial charge in [-0.3, -0.25) is 4.79 Å². The highest BCUT2D eigenvalue weighted by atomic mass is 19.1. The molecule has 0 saturated heterocycles. The summed E-state index contributed by atoms with van der Waals surface area (Å²) >= 11 is 0. The number of methoxy groups -OCH3 is 1. The van der Waals surface area contributed by atoms with E-state index in [1.807, 2.05) is 0 Å². The molecule has 0 aliphatic rings. The second-order valence-electron chi connectivity index (χ2n) is 6.16. The normalized spacial score (nSPS) is 10.3. The number of hydrogen-bond donors (Lipinski definition) is 2. The molecular weight excluding hydrogens is 373 g/mol. The van der Waals surface area contributed by atoms with E-state index in [1.54, 1.807) is 67.9 Å². The summed E-state index contributed by atoms with van der Waals surface area (Å²) < 4.78 is 24.3. The monoisotopic (exact) mass is 395 g/mol. The maximum atomic E-state index is 13.6. The molecule has 0 radical (unpaired) electrons. The molecule has 0 bridgehead atoms. The van der Waals surface area contributed by atoms with Gasteiger partial charge in [0, 0.05) is 12.1 Å². The van der Waals surface area contributed by atoms with Crippen molar-refractivity contribution in [3.63, 3.8) is 0 Å². The molecule has 3 aromatic rings. The molecular formula is C22H22FN3O3. The number of hydrogen-bond acceptors (Lipinski definition) is 5. The van der Waals surface area contributed by atoms with E-state index >= 15 is 0 Å². The van der Waals surface area contributed by atoms with E-state index in [0.717, 1.165) is 5.75 Å². The summed E-state index contributed by atoms with van der Waals surface area (Å²) in [5.74, 6) is 0.900. The van der Waals surface area contributed by atoms with Crippen molar-refractivity contribution < 1.29 is 18.7 Å². The topological polar surface area (TPSA) is 72.5 Å². The van der Waals surface area contributed by atoms with Crippen LogP contribution in [-0.2, 0) is 6.54 Å². The van der Waals surface area contributed by atoms with E-state index in [1.165, 1.54) is 6.07 Å². The third kappa shape index (κ3) is 5.93. The lowest BCUT2D eigenvalue weighted by atomic mass is 10.2. The van der Waals surface area contributed by atoms with Gasteiger partial charge in [-0.2, -0.15) is 0 Å². The largest absolute Gasteiger partial charge is 0.497 e. The van der Waals surface area contributed by atoms with Crippen LogP contribution >= 0.6 is 0 Å². The maximum Gasteiger partial charge on any atom is 0.269 e. The molecule has 150 valence electrons. The van der Waals surface area contributed by atoms with E-state index in [9.17, 15) is 9.18 Å². The number of amides is 1. The van der Waals surface area contributed by atoms with Crippen molar-refractivity contribution >= 4 is 11.6 Å².